The van der Waals surface area contributed by atoms with Gasteiger partial charge in [0.05, 0.1) is 13.2 Å². The molecule has 0 unspecified atom stereocenters. The van der Waals surface area contributed by atoms with Crippen LogP contribution in [0.5, 0.6) is 0 Å². The minimum Gasteiger partial charge on any atom is -0.481 e. The number of carboxylic acid groups (broad SMARTS) is 1. The van der Waals surface area contributed by atoms with E-state index in [0.717, 1.165) is 0 Å². The van der Waals surface area contributed by atoms with E-state index in [9.17, 15) is 13.6 Å². The molecule has 0 bridgehead atoms. The van der Waals surface area contributed by atoms with Gasteiger partial charge < -0.3 is 9.84 Å². The Kier molecular flexibility index (Phi) is 1.60. The van der Waals surface area contributed by atoms with E-state index >= 15 is 0 Å². The van der Waals surface area contributed by atoms with E-state index in [0.29, 0.717) is 0 Å². The van der Waals surface area contributed by atoms with Crippen molar-refractivity contribution >= 4 is 5.97 Å². The van der Waals surface area contributed by atoms with Crippen molar-refractivity contribution in [1.82, 2.24) is 0 Å². The number of carbonyl (C=O) groups is 1. The van der Waals surface area contributed by atoms with Gasteiger partial charge in [0.25, 0.3) is 6.43 Å². The van der Waals surface area contributed by atoms with Gasteiger partial charge in [0.2, 0.25) is 0 Å². The quantitative estimate of drug-likeness (QED) is 0.621. The highest BCUT2D eigenvalue weighted by atomic mass is 19.3. The SMILES string of the molecule is O=C(O)C1(C(F)F)COC1. The molecule has 1 saturated heterocycles. The zero-order chi connectivity index (χ0) is 7.78. The van der Waals surface area contributed by atoms with E-state index in [1.807, 2.05) is 0 Å². The number of rotatable bonds is 2. The van der Waals surface area contributed by atoms with Gasteiger partial charge in [-0.1, -0.05) is 0 Å². The molecule has 1 N–H and O–H groups in total. The van der Waals surface area contributed by atoms with Gasteiger partial charge in [0.1, 0.15) is 0 Å². The molecule has 1 fully saturated rings. The van der Waals surface area contributed by atoms with Gasteiger partial charge in [-0.25, -0.2) is 8.78 Å². The number of hydrogen-bond acceptors (Lipinski definition) is 2. The molecule has 0 aromatic rings. The Labute approximate surface area is 55.6 Å². The first-order chi connectivity index (χ1) is 4.59. The molecule has 0 saturated carbocycles. The van der Waals surface area contributed by atoms with Crippen molar-refractivity contribution in [2.45, 2.75) is 6.43 Å². The van der Waals surface area contributed by atoms with Gasteiger partial charge in [-0.15, -0.1) is 0 Å². The van der Waals surface area contributed by atoms with Crippen molar-refractivity contribution < 1.29 is 23.4 Å². The summed E-state index contributed by atoms with van der Waals surface area (Å²) in [5, 5.41) is 8.29. The maximum atomic E-state index is 11.9. The second kappa shape index (κ2) is 2.16. The maximum Gasteiger partial charge on any atom is 0.320 e. The molecule has 58 valence electrons. The smallest absolute Gasteiger partial charge is 0.320 e. The monoisotopic (exact) mass is 152 g/mol. The standard InChI is InChI=1S/C5H6F2O3/c6-3(7)5(4(8)9)1-10-2-5/h3H,1-2H2,(H,8,9). The molecule has 0 amide bonds. The Bertz CT molecular complexity index is 153. The second-order valence-corrected chi connectivity index (χ2v) is 2.25. The Morgan fingerprint density at radius 2 is 2.10 bits per heavy atom. The van der Waals surface area contributed by atoms with E-state index in [4.69, 9.17) is 5.11 Å². The van der Waals surface area contributed by atoms with Crippen molar-refractivity contribution in [1.29, 1.82) is 0 Å². The summed E-state index contributed by atoms with van der Waals surface area (Å²) in [4.78, 5) is 10.2. The fourth-order valence-corrected chi connectivity index (χ4v) is 0.665. The largest absolute Gasteiger partial charge is 0.481 e. The summed E-state index contributed by atoms with van der Waals surface area (Å²) in [6, 6.07) is 0. The van der Waals surface area contributed by atoms with Gasteiger partial charge in [-0.05, 0) is 0 Å². The molecule has 5 heteroatoms. The summed E-state index contributed by atoms with van der Waals surface area (Å²) >= 11 is 0. The lowest BCUT2D eigenvalue weighted by molar-refractivity contribution is -0.209. The summed E-state index contributed by atoms with van der Waals surface area (Å²) in [5.41, 5.74) is -1.92. The van der Waals surface area contributed by atoms with Gasteiger partial charge >= 0.3 is 5.97 Å². The minimum atomic E-state index is -2.83. The summed E-state index contributed by atoms with van der Waals surface area (Å²) in [6.45, 7) is -0.750. The van der Waals surface area contributed by atoms with Crippen molar-refractivity contribution in [2.75, 3.05) is 13.2 Å². The second-order valence-electron chi connectivity index (χ2n) is 2.25. The first-order valence-corrected chi connectivity index (χ1v) is 2.69. The van der Waals surface area contributed by atoms with E-state index < -0.39 is 17.8 Å². The van der Waals surface area contributed by atoms with Crippen LogP contribution >= 0.6 is 0 Å². The summed E-state index contributed by atoms with van der Waals surface area (Å²) in [5.74, 6) is -1.48. The molecule has 3 nitrogen and oxygen atoms in total. The van der Waals surface area contributed by atoms with Crippen LogP contribution < -0.4 is 0 Å². The first-order valence-electron chi connectivity index (χ1n) is 2.69. The van der Waals surface area contributed by atoms with Crippen LogP contribution in [-0.2, 0) is 9.53 Å². The van der Waals surface area contributed by atoms with Crippen molar-refractivity contribution in [3.63, 3.8) is 0 Å². The summed E-state index contributed by atoms with van der Waals surface area (Å²) in [6.07, 6.45) is -2.83. The predicted octanol–water partition coefficient (Wildman–Crippen LogP) is 0.353. The highest BCUT2D eigenvalue weighted by Crippen LogP contribution is 2.34. The fraction of sp³-hybridized carbons (Fsp3) is 0.800. The minimum absolute atomic E-state index is 0.375. The van der Waals surface area contributed by atoms with Crippen molar-refractivity contribution in [3.8, 4) is 0 Å². The highest BCUT2D eigenvalue weighted by molar-refractivity contribution is 5.76. The molecule has 0 aromatic heterocycles. The zero-order valence-corrected chi connectivity index (χ0v) is 5.01. The average molecular weight is 152 g/mol. The van der Waals surface area contributed by atoms with E-state index in [1.165, 1.54) is 0 Å². The Morgan fingerprint density at radius 3 is 2.10 bits per heavy atom. The van der Waals surface area contributed by atoms with Crippen LogP contribution in [0.25, 0.3) is 0 Å². The van der Waals surface area contributed by atoms with Crippen LogP contribution in [0.4, 0.5) is 8.78 Å². The Morgan fingerprint density at radius 1 is 1.60 bits per heavy atom. The predicted molar refractivity (Wildman–Crippen MR) is 26.9 cm³/mol. The molecule has 10 heavy (non-hydrogen) atoms. The molecule has 1 aliphatic heterocycles. The molecule has 1 rings (SSSR count). The first kappa shape index (κ1) is 7.40. The maximum absolute atomic E-state index is 11.9. The lowest BCUT2D eigenvalue weighted by Gasteiger charge is -2.36. The van der Waals surface area contributed by atoms with Crippen molar-refractivity contribution in [3.05, 3.63) is 0 Å². The fourth-order valence-electron chi connectivity index (χ4n) is 0.665. The Balaban J connectivity index is 2.68. The molecular weight excluding hydrogens is 146 g/mol. The summed E-state index contributed by atoms with van der Waals surface area (Å²) in [7, 11) is 0. The zero-order valence-electron chi connectivity index (χ0n) is 5.01. The lowest BCUT2D eigenvalue weighted by atomic mass is 9.87. The van der Waals surface area contributed by atoms with E-state index in [1.54, 1.807) is 0 Å². The molecule has 0 spiro atoms. The van der Waals surface area contributed by atoms with Crippen LogP contribution in [0.1, 0.15) is 0 Å². The third-order valence-electron chi connectivity index (χ3n) is 1.56. The Hall–Kier alpha value is -0.710. The number of halogens is 2. The number of alkyl halides is 2. The van der Waals surface area contributed by atoms with Crippen LogP contribution in [0.15, 0.2) is 0 Å². The number of hydrogen-bond donors (Lipinski definition) is 1. The molecule has 0 aromatic carbocycles. The van der Waals surface area contributed by atoms with Crippen LogP contribution in [0.2, 0.25) is 0 Å². The highest BCUT2D eigenvalue weighted by Gasteiger charge is 2.54. The lowest BCUT2D eigenvalue weighted by Crippen LogP contribution is -2.54. The third-order valence-corrected chi connectivity index (χ3v) is 1.56. The molecule has 0 radical (unpaired) electrons. The van der Waals surface area contributed by atoms with Crippen LogP contribution in [0.3, 0.4) is 0 Å². The number of ether oxygens (including phenoxy) is 1. The summed E-state index contributed by atoms with van der Waals surface area (Å²) < 4.78 is 28.2. The van der Waals surface area contributed by atoms with E-state index in [2.05, 4.69) is 4.74 Å². The molecule has 0 atom stereocenters. The van der Waals surface area contributed by atoms with Crippen LogP contribution in [0, 0.1) is 5.41 Å². The molecule has 1 aliphatic rings. The van der Waals surface area contributed by atoms with Crippen molar-refractivity contribution in [2.24, 2.45) is 5.41 Å². The van der Waals surface area contributed by atoms with Gasteiger partial charge in [-0.2, -0.15) is 0 Å². The third kappa shape index (κ3) is 0.775. The van der Waals surface area contributed by atoms with E-state index in [-0.39, 0.29) is 13.2 Å². The van der Waals surface area contributed by atoms with Gasteiger partial charge in [0, 0.05) is 0 Å². The number of aliphatic carboxylic acids is 1. The molecule has 0 aliphatic carbocycles. The van der Waals surface area contributed by atoms with Gasteiger partial charge in [-0.3, -0.25) is 4.79 Å². The average Bonchev–Trinajstić information content (AvgIpc) is 1.57. The molecule has 1 heterocycles. The topological polar surface area (TPSA) is 46.5 Å². The van der Waals surface area contributed by atoms with Gasteiger partial charge in [0.15, 0.2) is 5.41 Å². The number of carboxylic acids is 1. The molecular formula is C5H6F2O3. The van der Waals surface area contributed by atoms with Crippen LogP contribution in [-0.4, -0.2) is 30.7 Å². The normalized spacial score (nSPS) is 22.3.